The van der Waals surface area contributed by atoms with Gasteiger partial charge in [-0.15, -0.1) is 0 Å². The Labute approximate surface area is 133 Å². The molecular formula is C13H16N2O6S2. The third-order valence-corrected chi connectivity index (χ3v) is 6.94. The first-order valence-electron chi connectivity index (χ1n) is 6.94. The van der Waals surface area contributed by atoms with E-state index in [4.69, 9.17) is 8.94 Å². The molecule has 0 radical (unpaired) electrons. The topological polar surface area (TPSA) is 119 Å². The first-order chi connectivity index (χ1) is 10.7. The van der Waals surface area contributed by atoms with Gasteiger partial charge < -0.3 is 8.94 Å². The molecule has 1 fully saturated rings. The number of rotatable bonds is 4. The van der Waals surface area contributed by atoms with Gasteiger partial charge in [0.05, 0.1) is 17.2 Å². The zero-order valence-electron chi connectivity index (χ0n) is 12.6. The molecule has 1 N–H and O–H groups in total. The van der Waals surface area contributed by atoms with Gasteiger partial charge >= 0.3 is 0 Å². The van der Waals surface area contributed by atoms with E-state index in [9.17, 15) is 16.8 Å². The molecule has 126 valence electrons. The lowest BCUT2D eigenvalue weighted by Gasteiger charge is -2.09. The quantitative estimate of drug-likeness (QED) is 0.864. The van der Waals surface area contributed by atoms with E-state index in [1.54, 1.807) is 13.8 Å². The molecule has 0 unspecified atom stereocenters. The third-order valence-electron chi connectivity index (χ3n) is 3.78. The Bertz CT molecular complexity index is 939. The zero-order chi connectivity index (χ0) is 16.8. The number of furan rings is 1. The third kappa shape index (κ3) is 3.19. The Kier molecular flexibility index (Phi) is 3.85. The smallest absolute Gasteiger partial charge is 0.274 e. The van der Waals surface area contributed by atoms with Crippen molar-refractivity contribution in [1.82, 2.24) is 9.88 Å². The molecule has 0 amide bonds. The van der Waals surface area contributed by atoms with Gasteiger partial charge in [-0.3, -0.25) is 0 Å². The van der Waals surface area contributed by atoms with Crippen LogP contribution >= 0.6 is 0 Å². The second kappa shape index (κ2) is 5.46. The van der Waals surface area contributed by atoms with E-state index < -0.39 is 25.9 Å². The molecule has 2 aromatic rings. The largest absolute Gasteiger partial charge is 0.440 e. The summed E-state index contributed by atoms with van der Waals surface area (Å²) in [5, 5.41) is 3.51. The maximum Gasteiger partial charge on any atom is 0.274 e. The molecule has 1 atom stereocenters. The van der Waals surface area contributed by atoms with E-state index in [0.717, 1.165) is 5.56 Å². The number of aryl methyl sites for hydroxylation is 1. The molecule has 0 saturated carbocycles. The summed E-state index contributed by atoms with van der Waals surface area (Å²) in [6.45, 7) is 3.56. The fourth-order valence-electron chi connectivity index (χ4n) is 2.40. The highest BCUT2D eigenvalue weighted by Crippen LogP contribution is 2.29. The number of aromatic nitrogens is 1. The molecule has 10 heteroatoms. The van der Waals surface area contributed by atoms with Crippen molar-refractivity contribution in [1.29, 1.82) is 0 Å². The van der Waals surface area contributed by atoms with Crippen molar-refractivity contribution < 1.29 is 25.8 Å². The first-order valence-corrected chi connectivity index (χ1v) is 10.2. The zero-order valence-corrected chi connectivity index (χ0v) is 14.2. The van der Waals surface area contributed by atoms with Crippen molar-refractivity contribution in [2.75, 3.05) is 11.5 Å². The van der Waals surface area contributed by atoms with Gasteiger partial charge in [0, 0.05) is 11.6 Å². The highest BCUT2D eigenvalue weighted by atomic mass is 32.2. The second-order valence-electron chi connectivity index (χ2n) is 5.56. The Morgan fingerprint density at radius 2 is 2.04 bits per heavy atom. The van der Waals surface area contributed by atoms with Gasteiger partial charge in [0.25, 0.3) is 10.0 Å². The van der Waals surface area contributed by atoms with Crippen LogP contribution in [0.5, 0.6) is 0 Å². The summed E-state index contributed by atoms with van der Waals surface area (Å²) in [7, 11) is -7.10. The Balaban J connectivity index is 1.83. The average Bonchev–Trinajstić information content (AvgIpc) is 3.12. The lowest BCUT2D eigenvalue weighted by Crippen LogP contribution is -2.35. The SMILES string of the molecule is Cc1noc(-c2ccc(S(=O)(=O)N[C@H]3CCS(=O)(=O)C3)o2)c1C. The summed E-state index contributed by atoms with van der Waals surface area (Å²) in [4.78, 5) is 0. The van der Waals surface area contributed by atoms with E-state index in [1.807, 2.05) is 0 Å². The fourth-order valence-corrected chi connectivity index (χ4v) is 5.38. The first kappa shape index (κ1) is 16.2. The van der Waals surface area contributed by atoms with Gasteiger partial charge in [-0.2, -0.15) is 0 Å². The van der Waals surface area contributed by atoms with E-state index >= 15 is 0 Å². The monoisotopic (exact) mass is 360 g/mol. The summed E-state index contributed by atoms with van der Waals surface area (Å²) in [6.07, 6.45) is 0.259. The van der Waals surface area contributed by atoms with Crippen LogP contribution in [0.15, 0.2) is 26.2 Å². The van der Waals surface area contributed by atoms with Crippen molar-refractivity contribution in [3.05, 3.63) is 23.4 Å². The molecule has 3 rings (SSSR count). The minimum absolute atomic E-state index is 0.0138. The van der Waals surface area contributed by atoms with Gasteiger partial charge in [0.15, 0.2) is 15.6 Å². The normalized spacial score (nSPS) is 20.9. The van der Waals surface area contributed by atoms with E-state index in [1.165, 1.54) is 12.1 Å². The lowest BCUT2D eigenvalue weighted by atomic mass is 10.2. The van der Waals surface area contributed by atoms with Crippen LogP contribution in [0.1, 0.15) is 17.7 Å². The van der Waals surface area contributed by atoms with Crippen molar-refractivity contribution in [3.8, 4) is 11.5 Å². The van der Waals surface area contributed by atoms with Crippen LogP contribution in [-0.4, -0.2) is 39.5 Å². The number of hydrogen-bond donors (Lipinski definition) is 1. The molecule has 23 heavy (non-hydrogen) atoms. The molecule has 2 aromatic heterocycles. The summed E-state index contributed by atoms with van der Waals surface area (Å²) in [6, 6.07) is 2.15. The number of hydrogen-bond acceptors (Lipinski definition) is 7. The Morgan fingerprint density at radius 3 is 2.61 bits per heavy atom. The molecule has 1 aliphatic rings. The highest BCUT2D eigenvalue weighted by molar-refractivity contribution is 7.92. The van der Waals surface area contributed by atoms with Crippen LogP contribution < -0.4 is 4.72 Å². The molecule has 0 aliphatic carbocycles. The van der Waals surface area contributed by atoms with Crippen molar-refractivity contribution in [2.45, 2.75) is 31.4 Å². The molecule has 0 spiro atoms. The van der Waals surface area contributed by atoms with Crippen LogP contribution in [-0.2, 0) is 19.9 Å². The minimum Gasteiger partial charge on any atom is -0.440 e. The van der Waals surface area contributed by atoms with Crippen molar-refractivity contribution >= 4 is 19.9 Å². The number of sulfonamides is 1. The van der Waals surface area contributed by atoms with Gasteiger partial charge in [0.2, 0.25) is 10.9 Å². The van der Waals surface area contributed by atoms with Crippen LogP contribution in [0, 0.1) is 13.8 Å². The summed E-state index contributed by atoms with van der Waals surface area (Å²) in [5.41, 5.74) is 1.45. The fraction of sp³-hybridized carbons (Fsp3) is 0.462. The van der Waals surface area contributed by atoms with E-state index in [2.05, 4.69) is 9.88 Å². The predicted molar refractivity (Wildman–Crippen MR) is 81.1 cm³/mol. The standard InChI is InChI=1S/C13H16N2O6S2/c1-8-9(2)14-21-13(8)11-3-4-12(20-11)23(18,19)15-10-5-6-22(16,17)7-10/h3-4,10,15H,5-7H2,1-2H3/t10-/m0/s1. The summed E-state index contributed by atoms with van der Waals surface area (Å²) < 4.78 is 60.3. The molecular weight excluding hydrogens is 344 g/mol. The van der Waals surface area contributed by atoms with E-state index in [-0.39, 0.29) is 28.8 Å². The molecule has 3 heterocycles. The minimum atomic E-state index is -3.93. The van der Waals surface area contributed by atoms with Gasteiger partial charge in [-0.25, -0.2) is 21.6 Å². The van der Waals surface area contributed by atoms with Crippen molar-refractivity contribution in [2.24, 2.45) is 0 Å². The number of nitrogens with one attached hydrogen (secondary N) is 1. The van der Waals surface area contributed by atoms with Crippen LogP contribution in [0.3, 0.4) is 0 Å². The van der Waals surface area contributed by atoms with Gasteiger partial charge in [0.1, 0.15) is 0 Å². The van der Waals surface area contributed by atoms with Crippen LogP contribution in [0.2, 0.25) is 0 Å². The van der Waals surface area contributed by atoms with Gasteiger partial charge in [-0.1, -0.05) is 5.16 Å². The molecule has 1 aliphatic heterocycles. The number of nitrogens with zero attached hydrogens (tertiary/aromatic N) is 1. The Hall–Kier alpha value is -1.65. The maximum absolute atomic E-state index is 12.3. The second-order valence-corrected chi connectivity index (χ2v) is 9.44. The molecule has 1 saturated heterocycles. The summed E-state index contributed by atoms with van der Waals surface area (Å²) in [5.74, 6) is 0.412. The van der Waals surface area contributed by atoms with Gasteiger partial charge in [-0.05, 0) is 32.4 Å². The number of sulfone groups is 1. The lowest BCUT2D eigenvalue weighted by molar-refractivity contribution is 0.396. The predicted octanol–water partition coefficient (Wildman–Crippen LogP) is 1.02. The highest BCUT2D eigenvalue weighted by Gasteiger charge is 2.32. The summed E-state index contributed by atoms with van der Waals surface area (Å²) >= 11 is 0. The Morgan fingerprint density at radius 1 is 1.30 bits per heavy atom. The molecule has 8 nitrogen and oxygen atoms in total. The van der Waals surface area contributed by atoms with E-state index in [0.29, 0.717) is 11.5 Å². The maximum atomic E-state index is 12.3. The van der Waals surface area contributed by atoms with Crippen molar-refractivity contribution in [3.63, 3.8) is 0 Å². The van der Waals surface area contributed by atoms with Crippen LogP contribution in [0.4, 0.5) is 0 Å². The van der Waals surface area contributed by atoms with Crippen LogP contribution in [0.25, 0.3) is 11.5 Å². The molecule has 0 bridgehead atoms. The molecule has 0 aromatic carbocycles. The average molecular weight is 360 g/mol.